The van der Waals surface area contributed by atoms with E-state index in [2.05, 4.69) is 20.1 Å². The fraction of sp³-hybridized carbons (Fsp3) is 0.483. The molecule has 4 aromatic rings. The predicted molar refractivity (Wildman–Crippen MR) is 153 cm³/mol. The number of aromatic nitrogens is 6. The van der Waals surface area contributed by atoms with Crippen LogP contribution >= 0.6 is 0 Å². The van der Waals surface area contributed by atoms with Gasteiger partial charge in [-0.05, 0) is 63.4 Å². The molecule has 12 heteroatoms. The van der Waals surface area contributed by atoms with Crippen LogP contribution in [0.1, 0.15) is 45.6 Å². The Labute approximate surface area is 237 Å². The predicted octanol–water partition coefficient (Wildman–Crippen LogP) is 1.74. The maximum atomic E-state index is 13.3. The Kier molecular flexibility index (Phi) is 6.90. The van der Waals surface area contributed by atoms with Gasteiger partial charge in [0, 0.05) is 50.7 Å². The number of β-amino-alcohol motifs (C(OH)–C–C–N with tert-alkyl or cyclic N) is 1. The molecular formula is C29H36N8O4. The second-order valence-corrected chi connectivity index (χ2v) is 11.8. The van der Waals surface area contributed by atoms with Crippen molar-refractivity contribution in [2.24, 2.45) is 0 Å². The maximum Gasteiger partial charge on any atom is 0.264 e. The van der Waals surface area contributed by atoms with Crippen molar-refractivity contribution in [3.8, 4) is 5.69 Å². The van der Waals surface area contributed by atoms with Crippen molar-refractivity contribution in [2.75, 3.05) is 31.1 Å². The summed E-state index contributed by atoms with van der Waals surface area (Å²) >= 11 is 0. The van der Waals surface area contributed by atoms with Crippen LogP contribution in [0.3, 0.4) is 0 Å². The third-order valence-corrected chi connectivity index (χ3v) is 8.42. The Morgan fingerprint density at radius 1 is 1.05 bits per heavy atom. The molecule has 5 heterocycles. The number of amides is 1. The van der Waals surface area contributed by atoms with E-state index in [1.54, 1.807) is 20.5 Å². The zero-order chi connectivity index (χ0) is 28.8. The zero-order valence-electron chi connectivity index (χ0n) is 23.4. The number of benzene rings is 1. The summed E-state index contributed by atoms with van der Waals surface area (Å²) in [4.78, 5) is 34.6. The summed E-state index contributed by atoms with van der Waals surface area (Å²) in [7, 11) is 0. The van der Waals surface area contributed by atoms with Gasteiger partial charge in [-0.25, -0.2) is 9.67 Å². The van der Waals surface area contributed by atoms with Crippen LogP contribution in [0.4, 0.5) is 5.69 Å². The molecule has 0 unspecified atom stereocenters. The highest BCUT2D eigenvalue weighted by atomic mass is 16.3. The fourth-order valence-electron chi connectivity index (χ4n) is 5.88. The second kappa shape index (κ2) is 10.4. The average Bonchev–Trinajstić information content (AvgIpc) is 3.71. The van der Waals surface area contributed by atoms with E-state index in [4.69, 9.17) is 0 Å². The van der Waals surface area contributed by atoms with Crippen LogP contribution < -0.4 is 10.5 Å². The molecule has 0 radical (unpaired) electrons. The van der Waals surface area contributed by atoms with Crippen molar-refractivity contribution in [1.29, 1.82) is 0 Å². The van der Waals surface area contributed by atoms with Gasteiger partial charge >= 0.3 is 0 Å². The number of piperidine rings is 1. The van der Waals surface area contributed by atoms with Crippen LogP contribution in [0.25, 0.3) is 16.7 Å². The van der Waals surface area contributed by atoms with E-state index in [0.29, 0.717) is 49.9 Å². The van der Waals surface area contributed by atoms with Crippen LogP contribution in [0.2, 0.25) is 0 Å². The fourth-order valence-corrected chi connectivity index (χ4v) is 5.88. The van der Waals surface area contributed by atoms with Gasteiger partial charge in [-0.1, -0.05) is 0 Å². The van der Waals surface area contributed by atoms with E-state index in [9.17, 15) is 19.8 Å². The van der Waals surface area contributed by atoms with Gasteiger partial charge in [0.1, 0.15) is 11.7 Å². The summed E-state index contributed by atoms with van der Waals surface area (Å²) < 4.78 is 4.84. The number of carbonyl (C=O) groups is 1. The lowest BCUT2D eigenvalue weighted by Crippen LogP contribution is -2.49. The third-order valence-electron chi connectivity index (χ3n) is 8.42. The molecular weight excluding hydrogens is 524 g/mol. The Morgan fingerprint density at radius 2 is 1.78 bits per heavy atom. The highest BCUT2D eigenvalue weighted by Crippen LogP contribution is 2.28. The highest BCUT2D eigenvalue weighted by Gasteiger charge is 2.35. The van der Waals surface area contributed by atoms with Gasteiger partial charge in [0.15, 0.2) is 5.65 Å². The minimum absolute atomic E-state index is 0.0306. The molecule has 2 atom stereocenters. The summed E-state index contributed by atoms with van der Waals surface area (Å²) in [6.45, 7) is 6.14. The van der Waals surface area contributed by atoms with E-state index in [1.165, 1.54) is 17.1 Å². The van der Waals surface area contributed by atoms with E-state index in [-0.39, 0.29) is 24.1 Å². The number of hydrogen-bond donors (Lipinski definition) is 2. The first-order chi connectivity index (χ1) is 19.6. The molecule has 2 aliphatic rings. The largest absolute Gasteiger partial charge is 0.388 e. The lowest BCUT2D eigenvalue weighted by Gasteiger charge is -2.38. The van der Waals surface area contributed by atoms with Crippen LogP contribution in [0.5, 0.6) is 0 Å². The van der Waals surface area contributed by atoms with E-state index in [1.807, 2.05) is 50.4 Å². The maximum absolute atomic E-state index is 13.3. The Morgan fingerprint density at radius 3 is 2.44 bits per heavy atom. The number of carbonyl (C=O) groups excluding carboxylic acids is 1. The summed E-state index contributed by atoms with van der Waals surface area (Å²) in [5.41, 5.74) is 0.181. The first-order valence-corrected chi connectivity index (χ1v) is 14.1. The van der Waals surface area contributed by atoms with Crippen molar-refractivity contribution in [3.63, 3.8) is 0 Å². The number of aliphatic hydroxyl groups is 2. The third kappa shape index (κ3) is 5.49. The highest BCUT2D eigenvalue weighted by molar-refractivity contribution is 5.77. The lowest BCUT2D eigenvalue weighted by molar-refractivity contribution is -0.136. The Bertz CT molecular complexity index is 1580. The van der Waals surface area contributed by atoms with Gasteiger partial charge in [0.2, 0.25) is 5.91 Å². The van der Waals surface area contributed by atoms with Crippen molar-refractivity contribution >= 4 is 22.6 Å². The summed E-state index contributed by atoms with van der Waals surface area (Å²) in [5, 5.41) is 30.6. The molecule has 41 heavy (non-hydrogen) atoms. The molecule has 3 aromatic heterocycles. The first-order valence-electron chi connectivity index (χ1n) is 14.1. The van der Waals surface area contributed by atoms with Gasteiger partial charge in [-0.2, -0.15) is 10.2 Å². The smallest absolute Gasteiger partial charge is 0.264 e. The average molecular weight is 561 g/mol. The molecule has 1 amide bonds. The Balaban J connectivity index is 1.11. The number of nitrogens with zero attached hydrogens (tertiary/aromatic N) is 8. The molecule has 2 fully saturated rings. The number of fused-ring (bicyclic) bond motifs is 1. The van der Waals surface area contributed by atoms with Gasteiger partial charge in [0.05, 0.1) is 35.7 Å². The van der Waals surface area contributed by atoms with Crippen molar-refractivity contribution in [1.82, 2.24) is 34.0 Å². The number of rotatable bonds is 7. The van der Waals surface area contributed by atoms with Crippen LogP contribution in [0.15, 0.2) is 60.0 Å². The SMILES string of the molecule is C[C@H](CC(=O)N1CCC(O)(Cn2cnc3c(cnn3-c3ccc(N4CC[C@](C)(O)C4)cc3)c2=O)CC1)n1cccn1. The lowest BCUT2D eigenvalue weighted by atomic mass is 9.91. The molecule has 0 saturated carbocycles. The van der Waals surface area contributed by atoms with E-state index < -0.39 is 11.2 Å². The van der Waals surface area contributed by atoms with E-state index >= 15 is 0 Å². The molecule has 2 N–H and O–H groups in total. The minimum Gasteiger partial charge on any atom is -0.388 e. The van der Waals surface area contributed by atoms with Crippen molar-refractivity contribution in [2.45, 2.75) is 63.3 Å². The van der Waals surface area contributed by atoms with Crippen LogP contribution in [-0.4, -0.2) is 87.5 Å². The second-order valence-electron chi connectivity index (χ2n) is 11.8. The quantitative estimate of drug-likeness (QED) is 0.349. The minimum atomic E-state index is -1.12. The summed E-state index contributed by atoms with van der Waals surface area (Å²) in [5.74, 6) is 0.0306. The molecule has 216 valence electrons. The molecule has 1 aromatic carbocycles. The Hall–Kier alpha value is -4.03. The van der Waals surface area contributed by atoms with Gasteiger partial charge < -0.3 is 20.0 Å². The standard InChI is InChI=1S/C29H36N8O4/c1-21(36-12-3-11-31-36)16-25(38)33-14-9-29(41,10-15-33)19-35-20-30-26-24(27(35)39)17-32-37(26)23-6-4-22(5-7-23)34-13-8-28(2,40)18-34/h3-7,11-12,17,20-21,40-41H,8-10,13-16,18-19H2,1-2H3/t21-,28+/m1/s1. The topological polar surface area (TPSA) is 135 Å². The van der Waals surface area contributed by atoms with Crippen LogP contribution in [-0.2, 0) is 11.3 Å². The molecule has 0 spiro atoms. The van der Waals surface area contributed by atoms with E-state index in [0.717, 1.165) is 24.3 Å². The zero-order valence-corrected chi connectivity index (χ0v) is 23.4. The monoisotopic (exact) mass is 560 g/mol. The van der Waals surface area contributed by atoms with Gasteiger partial charge in [-0.3, -0.25) is 18.8 Å². The molecule has 12 nitrogen and oxygen atoms in total. The molecule has 2 saturated heterocycles. The van der Waals surface area contributed by atoms with Crippen molar-refractivity contribution in [3.05, 3.63) is 65.6 Å². The molecule has 0 bridgehead atoms. The van der Waals surface area contributed by atoms with Crippen molar-refractivity contribution < 1.29 is 15.0 Å². The van der Waals surface area contributed by atoms with Gasteiger partial charge in [0.25, 0.3) is 5.56 Å². The summed E-state index contributed by atoms with van der Waals surface area (Å²) in [6.07, 6.45) is 8.33. The van der Waals surface area contributed by atoms with Gasteiger partial charge in [-0.15, -0.1) is 0 Å². The summed E-state index contributed by atoms with van der Waals surface area (Å²) in [6, 6.07) is 9.61. The number of likely N-dealkylation sites (tertiary alicyclic amines) is 1. The normalized spacial score (nSPS) is 21.5. The van der Waals surface area contributed by atoms with Crippen LogP contribution in [0, 0.1) is 0 Å². The first kappa shape index (κ1) is 27.2. The number of anilines is 1. The molecule has 6 rings (SSSR count). The molecule has 0 aliphatic carbocycles. The molecule has 2 aliphatic heterocycles. The number of hydrogen-bond acceptors (Lipinski definition) is 8.